The molecular formula is C22H19FN6O2. The van der Waals surface area contributed by atoms with Gasteiger partial charge in [0.1, 0.15) is 34.9 Å². The molecule has 1 saturated heterocycles. The molecule has 5 rings (SSSR count). The number of hydrogen-bond donors (Lipinski definition) is 1. The van der Waals surface area contributed by atoms with Gasteiger partial charge in [-0.25, -0.2) is 14.4 Å². The van der Waals surface area contributed by atoms with Crippen molar-refractivity contribution in [3.05, 3.63) is 60.8 Å². The fourth-order valence-electron chi connectivity index (χ4n) is 3.86. The number of pyridine rings is 1. The molecule has 1 aliphatic rings. The molecule has 3 aromatic heterocycles. The standard InChI is InChI=1S/C22H19FN6O2/c23-16-8-6-14(7-9-16)19-18-20(25-13-26-22(18)31-28-19)29-11-3-4-15(12-29)21(30)27-17-5-1-2-10-24-17/h1-2,5-10,13,15H,3-4,11-12H2,(H,24,27,30)/t15-/m1/s1. The Bertz CT molecular complexity index is 1210. The van der Waals surface area contributed by atoms with E-state index >= 15 is 0 Å². The number of halogens is 1. The first kappa shape index (κ1) is 19.1. The minimum absolute atomic E-state index is 0.0715. The third-order valence-corrected chi connectivity index (χ3v) is 5.38. The molecule has 1 fully saturated rings. The van der Waals surface area contributed by atoms with Gasteiger partial charge in [0.2, 0.25) is 5.91 Å². The third kappa shape index (κ3) is 3.81. The third-order valence-electron chi connectivity index (χ3n) is 5.38. The maximum atomic E-state index is 13.4. The topological polar surface area (TPSA) is 97.0 Å². The van der Waals surface area contributed by atoms with Gasteiger partial charge in [0.05, 0.1) is 5.92 Å². The zero-order chi connectivity index (χ0) is 21.2. The summed E-state index contributed by atoms with van der Waals surface area (Å²) in [6.45, 7) is 1.24. The number of nitrogens with zero attached hydrogens (tertiary/aromatic N) is 5. The summed E-state index contributed by atoms with van der Waals surface area (Å²) in [4.78, 5) is 27.7. The van der Waals surface area contributed by atoms with Gasteiger partial charge in [-0.2, -0.15) is 4.98 Å². The van der Waals surface area contributed by atoms with Crippen LogP contribution in [0.3, 0.4) is 0 Å². The second kappa shape index (κ2) is 8.10. The molecule has 1 amide bonds. The number of carbonyl (C=O) groups excluding carboxylic acids is 1. The van der Waals surface area contributed by atoms with E-state index in [1.807, 2.05) is 6.07 Å². The summed E-state index contributed by atoms with van der Waals surface area (Å²) in [5, 5.41) is 7.68. The van der Waals surface area contributed by atoms with Gasteiger partial charge in [0.25, 0.3) is 5.71 Å². The minimum Gasteiger partial charge on any atom is -0.355 e. The Balaban J connectivity index is 1.44. The van der Waals surface area contributed by atoms with Crippen molar-refractivity contribution in [2.24, 2.45) is 5.92 Å². The number of anilines is 2. The molecule has 8 nitrogen and oxygen atoms in total. The van der Waals surface area contributed by atoms with E-state index in [9.17, 15) is 9.18 Å². The van der Waals surface area contributed by atoms with Crippen LogP contribution in [-0.4, -0.2) is 39.1 Å². The number of nitrogens with one attached hydrogen (secondary N) is 1. The summed E-state index contributed by atoms with van der Waals surface area (Å²) < 4.78 is 18.8. The van der Waals surface area contributed by atoms with E-state index < -0.39 is 0 Å². The van der Waals surface area contributed by atoms with Crippen molar-refractivity contribution in [2.45, 2.75) is 12.8 Å². The molecule has 0 spiro atoms. The number of aromatic nitrogens is 4. The van der Waals surface area contributed by atoms with Crippen LogP contribution < -0.4 is 10.2 Å². The largest absolute Gasteiger partial charge is 0.355 e. The Kier molecular flexibility index (Phi) is 4.99. The van der Waals surface area contributed by atoms with Gasteiger partial charge >= 0.3 is 0 Å². The first-order valence-corrected chi connectivity index (χ1v) is 10.0. The van der Waals surface area contributed by atoms with Gasteiger partial charge < -0.3 is 14.7 Å². The first-order chi connectivity index (χ1) is 15.2. The smallest absolute Gasteiger partial charge is 0.263 e. The number of benzene rings is 1. The summed E-state index contributed by atoms with van der Waals surface area (Å²) in [5.41, 5.74) is 1.60. The molecule has 156 valence electrons. The molecule has 0 saturated carbocycles. The number of fused-ring (bicyclic) bond motifs is 1. The number of amides is 1. The van der Waals surface area contributed by atoms with E-state index in [0.29, 0.717) is 40.5 Å². The molecule has 0 radical (unpaired) electrons. The lowest BCUT2D eigenvalue weighted by Crippen LogP contribution is -2.41. The van der Waals surface area contributed by atoms with Crippen molar-refractivity contribution in [3.8, 4) is 11.3 Å². The predicted molar refractivity (Wildman–Crippen MR) is 113 cm³/mol. The fourth-order valence-corrected chi connectivity index (χ4v) is 3.86. The zero-order valence-corrected chi connectivity index (χ0v) is 16.5. The molecule has 0 aliphatic carbocycles. The average Bonchev–Trinajstić information content (AvgIpc) is 3.25. The minimum atomic E-state index is -0.328. The monoisotopic (exact) mass is 418 g/mol. The lowest BCUT2D eigenvalue weighted by atomic mass is 9.96. The summed E-state index contributed by atoms with van der Waals surface area (Å²) in [5.74, 6) is 0.575. The molecule has 4 aromatic rings. The van der Waals surface area contributed by atoms with Crippen LogP contribution >= 0.6 is 0 Å². The maximum absolute atomic E-state index is 13.4. The summed E-state index contributed by atoms with van der Waals surface area (Å²) >= 11 is 0. The van der Waals surface area contributed by atoms with E-state index in [0.717, 1.165) is 19.4 Å². The van der Waals surface area contributed by atoms with Gasteiger partial charge in [0, 0.05) is 24.8 Å². The normalized spacial score (nSPS) is 16.4. The second-order valence-electron chi connectivity index (χ2n) is 7.40. The number of rotatable bonds is 4. The van der Waals surface area contributed by atoms with Crippen LogP contribution in [0.1, 0.15) is 12.8 Å². The van der Waals surface area contributed by atoms with Crippen LogP contribution in [0.4, 0.5) is 16.0 Å². The molecular weight excluding hydrogens is 399 g/mol. The Hall–Kier alpha value is -3.88. The lowest BCUT2D eigenvalue weighted by molar-refractivity contribution is -0.120. The lowest BCUT2D eigenvalue weighted by Gasteiger charge is -2.33. The van der Waals surface area contributed by atoms with Crippen molar-refractivity contribution < 1.29 is 13.7 Å². The van der Waals surface area contributed by atoms with Crippen LogP contribution in [0.25, 0.3) is 22.4 Å². The zero-order valence-electron chi connectivity index (χ0n) is 16.5. The second-order valence-corrected chi connectivity index (χ2v) is 7.40. The van der Waals surface area contributed by atoms with Gasteiger partial charge in [0.15, 0.2) is 0 Å². The van der Waals surface area contributed by atoms with Crippen molar-refractivity contribution in [1.82, 2.24) is 20.1 Å². The molecule has 0 bridgehead atoms. The van der Waals surface area contributed by atoms with Gasteiger partial charge in [-0.15, -0.1) is 0 Å². The Labute approximate surface area is 177 Å². The number of piperidine rings is 1. The highest BCUT2D eigenvalue weighted by Gasteiger charge is 2.29. The Morgan fingerprint density at radius 1 is 1.13 bits per heavy atom. The number of carbonyl (C=O) groups is 1. The predicted octanol–water partition coefficient (Wildman–Crippen LogP) is 3.67. The van der Waals surface area contributed by atoms with Crippen LogP contribution in [0.2, 0.25) is 0 Å². The van der Waals surface area contributed by atoms with E-state index in [4.69, 9.17) is 4.52 Å². The molecule has 4 heterocycles. The number of hydrogen-bond acceptors (Lipinski definition) is 7. The molecule has 1 aliphatic heterocycles. The van der Waals surface area contributed by atoms with E-state index in [1.165, 1.54) is 18.5 Å². The van der Waals surface area contributed by atoms with Crippen LogP contribution in [0.5, 0.6) is 0 Å². The van der Waals surface area contributed by atoms with Crippen LogP contribution in [0.15, 0.2) is 59.5 Å². The molecule has 0 unspecified atom stereocenters. The molecule has 1 atom stereocenters. The van der Waals surface area contributed by atoms with Crippen molar-refractivity contribution in [1.29, 1.82) is 0 Å². The first-order valence-electron chi connectivity index (χ1n) is 10.0. The van der Waals surface area contributed by atoms with Crippen LogP contribution in [-0.2, 0) is 4.79 Å². The van der Waals surface area contributed by atoms with Gasteiger partial charge in [-0.1, -0.05) is 11.2 Å². The molecule has 1 N–H and O–H groups in total. The quantitative estimate of drug-likeness (QED) is 0.540. The molecule has 31 heavy (non-hydrogen) atoms. The fraction of sp³-hybridized carbons (Fsp3) is 0.227. The van der Waals surface area contributed by atoms with E-state index in [1.54, 1.807) is 30.5 Å². The Morgan fingerprint density at radius 2 is 2.00 bits per heavy atom. The highest BCUT2D eigenvalue weighted by atomic mass is 19.1. The maximum Gasteiger partial charge on any atom is 0.263 e. The summed E-state index contributed by atoms with van der Waals surface area (Å²) in [7, 11) is 0. The average molecular weight is 418 g/mol. The van der Waals surface area contributed by atoms with E-state index in [-0.39, 0.29) is 17.6 Å². The summed E-state index contributed by atoms with van der Waals surface area (Å²) in [6, 6.07) is 11.4. The SMILES string of the molecule is O=C(Nc1ccccn1)[C@@H]1CCCN(c2ncnc3onc(-c4ccc(F)cc4)c23)C1. The highest BCUT2D eigenvalue weighted by Crippen LogP contribution is 2.35. The van der Waals surface area contributed by atoms with Crippen molar-refractivity contribution in [3.63, 3.8) is 0 Å². The highest BCUT2D eigenvalue weighted by molar-refractivity contribution is 5.98. The van der Waals surface area contributed by atoms with Crippen molar-refractivity contribution >= 4 is 28.6 Å². The van der Waals surface area contributed by atoms with Gasteiger partial charge in [-0.05, 0) is 49.2 Å². The van der Waals surface area contributed by atoms with E-state index in [2.05, 4.69) is 30.3 Å². The summed E-state index contributed by atoms with van der Waals surface area (Å²) in [6.07, 6.45) is 4.68. The molecule has 1 aromatic carbocycles. The van der Waals surface area contributed by atoms with Crippen LogP contribution in [0, 0.1) is 11.7 Å². The van der Waals surface area contributed by atoms with Crippen molar-refractivity contribution in [2.75, 3.05) is 23.3 Å². The molecule has 9 heteroatoms. The Morgan fingerprint density at radius 3 is 2.81 bits per heavy atom. The van der Waals surface area contributed by atoms with Gasteiger partial charge in [-0.3, -0.25) is 4.79 Å².